The van der Waals surface area contributed by atoms with Crippen LogP contribution in [0.3, 0.4) is 0 Å². The van der Waals surface area contributed by atoms with Crippen molar-refractivity contribution in [3.8, 4) is 0 Å². The molecule has 4 nitrogen and oxygen atoms in total. The first-order valence-corrected chi connectivity index (χ1v) is 7.28. The Morgan fingerprint density at radius 1 is 1.26 bits per heavy atom. The van der Waals surface area contributed by atoms with E-state index in [1.54, 1.807) is 30.5 Å². The van der Waals surface area contributed by atoms with Gasteiger partial charge in [0.15, 0.2) is 0 Å². The van der Waals surface area contributed by atoms with Crippen LogP contribution in [0.2, 0.25) is 0 Å². The molecule has 2 N–H and O–H groups in total. The molecule has 3 aromatic rings. The van der Waals surface area contributed by atoms with Crippen LogP contribution in [0.25, 0.3) is 10.9 Å². The van der Waals surface area contributed by atoms with Gasteiger partial charge in [-0.2, -0.15) is 0 Å². The topological polar surface area (TPSA) is 62.2 Å². The molecule has 0 aliphatic rings. The van der Waals surface area contributed by atoms with Crippen LogP contribution in [0.4, 0.5) is 15.8 Å². The van der Waals surface area contributed by atoms with Crippen molar-refractivity contribution in [3.63, 3.8) is 0 Å². The summed E-state index contributed by atoms with van der Waals surface area (Å²) in [6, 6.07) is 9.29. The lowest BCUT2D eigenvalue weighted by atomic mass is 10.1. The van der Waals surface area contributed by atoms with Crippen molar-refractivity contribution in [3.05, 3.63) is 59.5 Å². The van der Waals surface area contributed by atoms with E-state index in [2.05, 4.69) is 22.9 Å². The lowest BCUT2D eigenvalue weighted by Crippen LogP contribution is -2.04. The first kappa shape index (κ1) is 15.3. The molecule has 0 spiro atoms. The van der Waals surface area contributed by atoms with Crippen LogP contribution in [-0.4, -0.2) is 16.1 Å². The van der Waals surface area contributed by atoms with Crippen LogP contribution in [0.15, 0.2) is 47.5 Å². The lowest BCUT2D eigenvalue weighted by Gasteiger charge is -2.14. The Labute approximate surface area is 137 Å². The number of aromatic carboxylic acids is 1. The normalized spacial score (nSPS) is 10.7. The first-order valence-electron chi connectivity index (χ1n) is 6.84. The van der Waals surface area contributed by atoms with Gasteiger partial charge in [0.25, 0.3) is 0 Å². The number of hydrogen-bond acceptors (Lipinski definition) is 4. The van der Waals surface area contributed by atoms with Crippen molar-refractivity contribution in [1.29, 1.82) is 0 Å². The zero-order valence-electron chi connectivity index (χ0n) is 12.2. The van der Waals surface area contributed by atoms with Gasteiger partial charge in [0.2, 0.25) is 0 Å². The van der Waals surface area contributed by atoms with Crippen LogP contribution >= 0.6 is 12.6 Å². The number of aryl methyl sites for hydroxylation is 1. The number of anilines is 2. The van der Waals surface area contributed by atoms with Crippen LogP contribution in [0.1, 0.15) is 15.9 Å². The lowest BCUT2D eigenvalue weighted by molar-refractivity contribution is 0.0698. The maximum absolute atomic E-state index is 13.6. The number of nitrogens with zero attached hydrogens (tertiary/aromatic N) is 1. The molecular formula is C17H13FN2O2S. The van der Waals surface area contributed by atoms with Crippen LogP contribution in [0, 0.1) is 12.7 Å². The number of hydrogen-bond donors (Lipinski definition) is 3. The highest BCUT2D eigenvalue weighted by Gasteiger charge is 2.14. The quantitative estimate of drug-likeness (QED) is 0.623. The minimum atomic E-state index is -1.04. The Hall–Kier alpha value is -2.60. The second-order valence-corrected chi connectivity index (χ2v) is 5.64. The average Bonchev–Trinajstić information content (AvgIpc) is 2.51. The number of carboxylic acids is 1. The molecule has 0 fully saturated rings. The van der Waals surface area contributed by atoms with Gasteiger partial charge in [-0.3, -0.25) is 4.98 Å². The van der Waals surface area contributed by atoms with E-state index in [-0.39, 0.29) is 5.56 Å². The number of pyridine rings is 1. The van der Waals surface area contributed by atoms with Crippen molar-refractivity contribution in [1.82, 2.24) is 4.98 Å². The number of rotatable bonds is 3. The van der Waals surface area contributed by atoms with E-state index in [1.165, 1.54) is 12.1 Å². The van der Waals surface area contributed by atoms with Gasteiger partial charge in [-0.25, -0.2) is 9.18 Å². The van der Waals surface area contributed by atoms with Crippen molar-refractivity contribution in [2.24, 2.45) is 0 Å². The number of benzene rings is 2. The Morgan fingerprint density at radius 3 is 2.78 bits per heavy atom. The van der Waals surface area contributed by atoms with Gasteiger partial charge in [0.1, 0.15) is 5.82 Å². The Morgan fingerprint density at radius 2 is 2.04 bits per heavy atom. The summed E-state index contributed by atoms with van der Waals surface area (Å²) in [5.41, 5.74) is 2.50. The molecule has 0 aliphatic heterocycles. The standard InChI is InChI=1S/C17H13FN2O2S/c1-9-2-4-14(12(6-9)17(21)22)20-16-11-7-10(18)3-5-13(11)19-8-15(16)23/h2-8,23H,1H3,(H,19,20)(H,21,22). The molecule has 0 saturated carbocycles. The summed E-state index contributed by atoms with van der Waals surface area (Å²) in [6.07, 6.45) is 1.54. The second-order valence-electron chi connectivity index (χ2n) is 5.16. The maximum atomic E-state index is 13.6. The number of carbonyl (C=O) groups is 1. The van der Waals surface area contributed by atoms with E-state index in [0.29, 0.717) is 27.2 Å². The van der Waals surface area contributed by atoms with Crippen molar-refractivity contribution >= 4 is 40.9 Å². The summed E-state index contributed by atoms with van der Waals surface area (Å²) in [5, 5.41) is 13.0. The number of nitrogens with one attached hydrogen (secondary N) is 1. The van der Waals surface area contributed by atoms with Gasteiger partial charge in [0, 0.05) is 16.5 Å². The molecule has 116 valence electrons. The van der Waals surface area contributed by atoms with Crippen molar-refractivity contribution in [2.45, 2.75) is 11.8 Å². The molecule has 2 aromatic carbocycles. The van der Waals surface area contributed by atoms with Crippen LogP contribution in [0.5, 0.6) is 0 Å². The monoisotopic (exact) mass is 328 g/mol. The van der Waals surface area contributed by atoms with E-state index in [4.69, 9.17) is 0 Å². The number of fused-ring (bicyclic) bond motifs is 1. The summed E-state index contributed by atoms with van der Waals surface area (Å²) in [7, 11) is 0. The number of thiol groups is 1. The van der Waals surface area contributed by atoms with E-state index in [1.807, 2.05) is 6.92 Å². The molecule has 0 bridgehead atoms. The summed E-state index contributed by atoms with van der Waals surface area (Å²) >= 11 is 4.35. The molecule has 0 amide bonds. The molecular weight excluding hydrogens is 315 g/mol. The van der Waals surface area contributed by atoms with Crippen LogP contribution < -0.4 is 5.32 Å². The van der Waals surface area contributed by atoms with Crippen LogP contribution in [-0.2, 0) is 0 Å². The van der Waals surface area contributed by atoms with Crippen molar-refractivity contribution in [2.75, 3.05) is 5.32 Å². The van der Waals surface area contributed by atoms with Gasteiger partial charge in [0.05, 0.1) is 22.5 Å². The van der Waals surface area contributed by atoms with E-state index in [0.717, 1.165) is 5.56 Å². The zero-order valence-corrected chi connectivity index (χ0v) is 13.1. The molecule has 1 aromatic heterocycles. The highest BCUT2D eigenvalue weighted by molar-refractivity contribution is 7.80. The average molecular weight is 328 g/mol. The summed E-state index contributed by atoms with van der Waals surface area (Å²) in [4.78, 5) is 16.1. The molecule has 1 heterocycles. The van der Waals surface area contributed by atoms with E-state index in [9.17, 15) is 14.3 Å². The SMILES string of the molecule is Cc1ccc(Nc2c(S)cnc3ccc(F)cc23)c(C(=O)O)c1. The fraction of sp³-hybridized carbons (Fsp3) is 0.0588. The predicted molar refractivity (Wildman–Crippen MR) is 90.4 cm³/mol. The Balaban J connectivity index is 2.17. The third-order valence-corrected chi connectivity index (χ3v) is 3.81. The van der Waals surface area contributed by atoms with E-state index < -0.39 is 11.8 Å². The Bertz CT molecular complexity index is 923. The minimum absolute atomic E-state index is 0.138. The van der Waals surface area contributed by atoms with Gasteiger partial charge in [-0.15, -0.1) is 12.6 Å². The first-order chi connectivity index (χ1) is 11.0. The molecule has 0 aliphatic carbocycles. The molecule has 0 saturated heterocycles. The highest BCUT2D eigenvalue weighted by Crippen LogP contribution is 2.33. The van der Waals surface area contributed by atoms with Gasteiger partial charge >= 0.3 is 5.97 Å². The molecule has 3 rings (SSSR count). The maximum Gasteiger partial charge on any atom is 0.337 e. The zero-order chi connectivity index (χ0) is 16.6. The van der Waals surface area contributed by atoms with E-state index >= 15 is 0 Å². The fourth-order valence-electron chi connectivity index (χ4n) is 2.36. The summed E-state index contributed by atoms with van der Waals surface area (Å²) in [6.45, 7) is 1.82. The molecule has 23 heavy (non-hydrogen) atoms. The third-order valence-electron chi connectivity index (χ3n) is 3.48. The Kier molecular flexibility index (Phi) is 3.92. The van der Waals surface area contributed by atoms with Gasteiger partial charge in [-0.1, -0.05) is 11.6 Å². The molecule has 6 heteroatoms. The predicted octanol–water partition coefficient (Wildman–Crippen LogP) is 4.41. The molecule has 0 atom stereocenters. The third kappa shape index (κ3) is 2.98. The smallest absolute Gasteiger partial charge is 0.337 e. The van der Waals surface area contributed by atoms with Gasteiger partial charge < -0.3 is 10.4 Å². The largest absolute Gasteiger partial charge is 0.478 e. The van der Waals surface area contributed by atoms with Gasteiger partial charge in [-0.05, 0) is 37.3 Å². The number of halogens is 1. The minimum Gasteiger partial charge on any atom is -0.478 e. The molecule has 0 unspecified atom stereocenters. The fourth-order valence-corrected chi connectivity index (χ4v) is 2.60. The highest BCUT2D eigenvalue weighted by atomic mass is 32.1. The number of carboxylic acid groups (broad SMARTS) is 1. The number of aromatic nitrogens is 1. The second kappa shape index (κ2) is 5.89. The van der Waals surface area contributed by atoms with Crippen molar-refractivity contribution < 1.29 is 14.3 Å². The summed E-state index contributed by atoms with van der Waals surface area (Å²) in [5.74, 6) is -1.44. The summed E-state index contributed by atoms with van der Waals surface area (Å²) < 4.78 is 13.6. The molecule has 0 radical (unpaired) electrons.